The number of rotatable bonds is 4. The fourth-order valence-corrected chi connectivity index (χ4v) is 3.75. The van der Waals surface area contributed by atoms with E-state index < -0.39 is 7.80 Å². The summed E-state index contributed by atoms with van der Waals surface area (Å²) in [6, 6.07) is 25.2. The Kier molecular flexibility index (Phi) is 4.32. The van der Waals surface area contributed by atoms with Crippen LogP contribution in [0.5, 0.6) is 5.75 Å². The topological polar surface area (TPSA) is 26.3 Å². The predicted molar refractivity (Wildman–Crippen MR) is 91.7 cm³/mol. The van der Waals surface area contributed by atoms with Gasteiger partial charge < -0.3 is 4.74 Å². The van der Waals surface area contributed by atoms with Gasteiger partial charge in [0.1, 0.15) is 5.75 Å². The Morgan fingerprint density at radius 1 is 0.818 bits per heavy atom. The quantitative estimate of drug-likeness (QED) is 0.677. The van der Waals surface area contributed by atoms with Crippen molar-refractivity contribution in [1.29, 1.82) is 0 Å². The molecule has 108 valence electrons. The lowest BCUT2D eigenvalue weighted by atomic mass is 10.1. The molecule has 0 saturated heterocycles. The van der Waals surface area contributed by atoms with Gasteiger partial charge in [-0.05, 0) is 42.0 Å². The van der Waals surface area contributed by atoms with Gasteiger partial charge in [0.15, 0.2) is 5.30 Å². The molecule has 2 nitrogen and oxygen atoms in total. The average molecular weight is 307 g/mol. The van der Waals surface area contributed by atoms with Gasteiger partial charge in [-0.1, -0.05) is 47.0 Å². The number of benzene rings is 3. The van der Waals surface area contributed by atoms with Crippen LogP contribution in [-0.2, 0) is 4.57 Å². The molecule has 22 heavy (non-hydrogen) atoms. The Balaban J connectivity index is 2.09. The Morgan fingerprint density at radius 2 is 1.55 bits per heavy atom. The van der Waals surface area contributed by atoms with Gasteiger partial charge in [0.05, 0.1) is 7.11 Å². The molecular formula is C19H16O2P+. The maximum absolute atomic E-state index is 12.9. The van der Waals surface area contributed by atoms with E-state index in [9.17, 15) is 4.57 Å². The van der Waals surface area contributed by atoms with E-state index in [0.29, 0.717) is 0 Å². The van der Waals surface area contributed by atoms with Crippen LogP contribution >= 0.6 is 7.80 Å². The highest BCUT2D eigenvalue weighted by Crippen LogP contribution is 2.29. The van der Waals surface area contributed by atoms with Crippen molar-refractivity contribution in [1.82, 2.24) is 0 Å². The summed E-state index contributed by atoms with van der Waals surface area (Å²) < 4.78 is 18.2. The van der Waals surface area contributed by atoms with Crippen LogP contribution in [0.1, 0.15) is 0 Å². The lowest BCUT2D eigenvalue weighted by Crippen LogP contribution is -2.09. The number of methoxy groups -OCH3 is 1. The highest BCUT2D eigenvalue weighted by molar-refractivity contribution is 7.61. The van der Waals surface area contributed by atoms with Crippen LogP contribution in [-0.4, -0.2) is 7.11 Å². The van der Waals surface area contributed by atoms with Crippen LogP contribution in [0.4, 0.5) is 0 Å². The third kappa shape index (κ3) is 2.93. The lowest BCUT2D eigenvalue weighted by molar-refractivity contribution is 0.415. The van der Waals surface area contributed by atoms with Crippen LogP contribution in [0.3, 0.4) is 0 Å². The van der Waals surface area contributed by atoms with Crippen molar-refractivity contribution >= 4 is 18.4 Å². The standard InChI is InChI=1S/C19H16O2P/c1-21-16-9-7-8-15(14-16)18-12-5-6-13-19(18)22(20)17-10-3-2-4-11-17/h2-14H,1H3/q+1. The number of hydrogen-bond donors (Lipinski definition) is 0. The smallest absolute Gasteiger partial charge is 0.415 e. The molecule has 0 spiro atoms. The minimum Gasteiger partial charge on any atom is -0.497 e. The maximum atomic E-state index is 12.9. The molecule has 0 aliphatic heterocycles. The molecule has 0 aliphatic carbocycles. The molecule has 0 aliphatic rings. The second-order valence-corrected chi connectivity index (χ2v) is 6.47. The SMILES string of the molecule is COc1cccc(-c2ccccc2[P+](=O)c2ccccc2)c1. The first-order valence-corrected chi connectivity index (χ1v) is 8.31. The first-order chi connectivity index (χ1) is 10.8. The number of hydrogen-bond acceptors (Lipinski definition) is 2. The summed E-state index contributed by atoms with van der Waals surface area (Å²) in [5, 5.41) is 1.68. The highest BCUT2D eigenvalue weighted by Gasteiger charge is 2.26. The molecule has 0 bridgehead atoms. The summed E-state index contributed by atoms with van der Waals surface area (Å²) >= 11 is 0. The van der Waals surface area contributed by atoms with E-state index in [-0.39, 0.29) is 0 Å². The number of ether oxygens (including phenoxy) is 1. The molecule has 0 aromatic heterocycles. The first kappa shape index (κ1) is 14.5. The molecule has 0 saturated carbocycles. The summed E-state index contributed by atoms with van der Waals surface area (Å²) in [6.45, 7) is 0. The largest absolute Gasteiger partial charge is 0.497 e. The van der Waals surface area contributed by atoms with Gasteiger partial charge in [0.25, 0.3) is 0 Å². The van der Waals surface area contributed by atoms with Gasteiger partial charge in [-0.15, -0.1) is 0 Å². The zero-order chi connectivity index (χ0) is 15.4. The second kappa shape index (κ2) is 6.55. The summed E-state index contributed by atoms with van der Waals surface area (Å²) in [6.07, 6.45) is 0. The molecule has 0 fully saturated rings. The molecular weight excluding hydrogens is 291 g/mol. The molecule has 3 rings (SSSR count). The van der Waals surface area contributed by atoms with Crippen molar-refractivity contribution in [3.8, 4) is 16.9 Å². The van der Waals surface area contributed by atoms with E-state index in [1.54, 1.807) is 7.11 Å². The van der Waals surface area contributed by atoms with Crippen LogP contribution in [0.15, 0.2) is 78.9 Å². The molecule has 1 unspecified atom stereocenters. The fourth-order valence-electron chi connectivity index (χ4n) is 2.39. The van der Waals surface area contributed by atoms with E-state index in [2.05, 4.69) is 0 Å². The zero-order valence-electron chi connectivity index (χ0n) is 12.3. The Morgan fingerprint density at radius 3 is 2.32 bits per heavy atom. The second-order valence-electron chi connectivity index (χ2n) is 4.88. The minimum atomic E-state index is -1.62. The molecule has 1 atom stereocenters. The van der Waals surface area contributed by atoms with Gasteiger partial charge >= 0.3 is 7.80 Å². The van der Waals surface area contributed by atoms with Gasteiger partial charge in [0.2, 0.25) is 5.30 Å². The lowest BCUT2D eigenvalue weighted by Gasteiger charge is -2.05. The molecule has 3 aromatic carbocycles. The highest BCUT2D eigenvalue weighted by atomic mass is 31.1. The van der Waals surface area contributed by atoms with Crippen molar-refractivity contribution in [3.05, 3.63) is 78.9 Å². The fraction of sp³-hybridized carbons (Fsp3) is 0.0526. The van der Waals surface area contributed by atoms with E-state index in [0.717, 1.165) is 27.5 Å². The monoisotopic (exact) mass is 307 g/mol. The van der Waals surface area contributed by atoms with Gasteiger partial charge in [-0.3, -0.25) is 0 Å². The van der Waals surface area contributed by atoms with Crippen molar-refractivity contribution in [2.75, 3.05) is 7.11 Å². The van der Waals surface area contributed by atoms with Crippen LogP contribution in [0, 0.1) is 0 Å². The van der Waals surface area contributed by atoms with Crippen LogP contribution in [0.2, 0.25) is 0 Å². The third-order valence-electron chi connectivity index (χ3n) is 3.49. The first-order valence-electron chi connectivity index (χ1n) is 7.05. The van der Waals surface area contributed by atoms with Crippen molar-refractivity contribution in [2.24, 2.45) is 0 Å². The van der Waals surface area contributed by atoms with Crippen LogP contribution in [0.25, 0.3) is 11.1 Å². The van der Waals surface area contributed by atoms with E-state index >= 15 is 0 Å². The van der Waals surface area contributed by atoms with Crippen LogP contribution < -0.4 is 15.3 Å². The van der Waals surface area contributed by atoms with Crippen molar-refractivity contribution in [3.63, 3.8) is 0 Å². The molecule has 0 N–H and O–H groups in total. The van der Waals surface area contributed by atoms with Gasteiger partial charge in [0, 0.05) is 5.56 Å². The van der Waals surface area contributed by atoms with Crippen molar-refractivity contribution in [2.45, 2.75) is 0 Å². The van der Waals surface area contributed by atoms with E-state index in [1.165, 1.54) is 0 Å². The average Bonchev–Trinajstić information content (AvgIpc) is 2.62. The maximum Gasteiger partial charge on any atom is 0.415 e. The summed E-state index contributed by atoms with van der Waals surface area (Å²) in [5.41, 5.74) is 1.99. The molecule has 0 amide bonds. The molecule has 3 aromatic rings. The van der Waals surface area contributed by atoms with E-state index in [1.807, 2.05) is 78.9 Å². The molecule has 3 heteroatoms. The third-order valence-corrected chi connectivity index (χ3v) is 5.09. The minimum absolute atomic E-state index is 0.794. The normalized spacial score (nSPS) is 11.0. The summed E-state index contributed by atoms with van der Waals surface area (Å²) in [5.74, 6) is 0.794. The van der Waals surface area contributed by atoms with Gasteiger partial charge in [-0.25, -0.2) is 0 Å². The Labute approximate surface area is 131 Å². The van der Waals surface area contributed by atoms with Gasteiger partial charge in [-0.2, -0.15) is 0 Å². The Hall–Kier alpha value is -2.44. The predicted octanol–water partition coefficient (Wildman–Crippen LogP) is 4.14. The van der Waals surface area contributed by atoms with Crippen molar-refractivity contribution < 1.29 is 9.30 Å². The molecule has 0 radical (unpaired) electrons. The summed E-state index contributed by atoms with van der Waals surface area (Å²) in [4.78, 5) is 0. The molecule has 0 heterocycles. The zero-order valence-corrected chi connectivity index (χ0v) is 13.2. The van der Waals surface area contributed by atoms with E-state index in [4.69, 9.17) is 4.74 Å². The Bertz CT molecular complexity index is 797. The summed E-state index contributed by atoms with van der Waals surface area (Å²) in [7, 11) is 0.0284.